The molecular weight excluding hydrogens is 341 g/mol. The molecule has 0 saturated carbocycles. The zero-order valence-electron chi connectivity index (χ0n) is 12.1. The Morgan fingerprint density at radius 2 is 2.13 bits per heavy atom. The number of carboxylic acid groups (broad SMARTS) is 1. The maximum Gasteiger partial charge on any atom is 0.305 e. The van der Waals surface area contributed by atoms with Crippen LogP contribution >= 0.6 is 22.9 Å². The van der Waals surface area contributed by atoms with Crippen molar-refractivity contribution in [3.63, 3.8) is 0 Å². The second-order valence-corrected chi connectivity index (χ2v) is 6.21. The van der Waals surface area contributed by atoms with Crippen molar-refractivity contribution in [1.82, 2.24) is 5.32 Å². The third-order valence-electron chi connectivity index (χ3n) is 3.28. The first-order valence-corrected chi connectivity index (χ1v) is 8.25. The zero-order chi connectivity index (χ0) is 16.8. The fourth-order valence-electron chi connectivity index (χ4n) is 2.12. The Morgan fingerprint density at radius 1 is 1.35 bits per heavy atom. The summed E-state index contributed by atoms with van der Waals surface area (Å²) in [6.45, 7) is 0. The maximum absolute atomic E-state index is 13.6. The number of thiophene rings is 1. The lowest BCUT2D eigenvalue weighted by Gasteiger charge is -2.18. The molecule has 2 aromatic rings. The minimum atomic E-state index is -1.08. The third-order valence-corrected chi connectivity index (χ3v) is 4.32. The van der Waals surface area contributed by atoms with E-state index in [4.69, 9.17) is 16.7 Å². The van der Waals surface area contributed by atoms with Gasteiger partial charge in [0, 0.05) is 6.42 Å². The number of aliphatic carboxylic acids is 1. The maximum atomic E-state index is 13.6. The lowest BCUT2D eigenvalue weighted by atomic mass is 10.0. The first kappa shape index (κ1) is 17.4. The highest BCUT2D eigenvalue weighted by Crippen LogP contribution is 2.23. The van der Waals surface area contributed by atoms with Gasteiger partial charge in [-0.3, -0.25) is 9.59 Å². The zero-order valence-corrected chi connectivity index (χ0v) is 13.7. The van der Waals surface area contributed by atoms with Crippen molar-refractivity contribution in [3.05, 3.63) is 57.0 Å². The summed E-state index contributed by atoms with van der Waals surface area (Å²) in [7, 11) is 0. The van der Waals surface area contributed by atoms with Crippen LogP contribution in [-0.4, -0.2) is 17.0 Å². The van der Waals surface area contributed by atoms with Crippen molar-refractivity contribution in [1.29, 1.82) is 0 Å². The molecule has 0 fully saturated rings. The number of hydrogen-bond donors (Lipinski definition) is 2. The highest BCUT2D eigenvalue weighted by Gasteiger charge is 2.19. The van der Waals surface area contributed by atoms with Crippen molar-refractivity contribution >= 4 is 34.8 Å². The van der Waals surface area contributed by atoms with Crippen molar-refractivity contribution in [3.8, 4) is 0 Å². The van der Waals surface area contributed by atoms with Gasteiger partial charge in [-0.05, 0) is 46.5 Å². The van der Waals surface area contributed by atoms with E-state index in [9.17, 15) is 14.0 Å². The lowest BCUT2D eigenvalue weighted by molar-refractivity contribution is -0.137. The number of rotatable bonds is 7. The van der Waals surface area contributed by atoms with Crippen LogP contribution < -0.4 is 5.32 Å². The largest absolute Gasteiger partial charge is 0.481 e. The molecule has 2 rings (SSSR count). The van der Waals surface area contributed by atoms with Crippen molar-refractivity contribution < 1.29 is 19.1 Å². The number of carbonyl (C=O) groups is 2. The van der Waals surface area contributed by atoms with E-state index >= 15 is 0 Å². The molecule has 4 nitrogen and oxygen atoms in total. The van der Waals surface area contributed by atoms with E-state index in [1.165, 1.54) is 12.1 Å². The van der Waals surface area contributed by atoms with Gasteiger partial charge in [0.25, 0.3) is 0 Å². The number of carbonyl (C=O) groups excluding carboxylic acids is 1. The second-order valence-electron chi connectivity index (χ2n) is 5.02. The van der Waals surface area contributed by atoms with Crippen LogP contribution in [0.5, 0.6) is 0 Å². The summed E-state index contributed by atoms with van der Waals surface area (Å²) in [4.78, 5) is 23.0. The summed E-state index contributed by atoms with van der Waals surface area (Å²) >= 11 is 7.18. The molecule has 1 aromatic heterocycles. The predicted octanol–water partition coefficient (Wildman–Crippen LogP) is 3.81. The van der Waals surface area contributed by atoms with Crippen molar-refractivity contribution in [2.45, 2.75) is 25.3 Å². The fourth-order valence-corrected chi connectivity index (χ4v) is 2.94. The average Bonchev–Trinajstić information content (AvgIpc) is 3.00. The molecule has 1 heterocycles. The summed E-state index contributed by atoms with van der Waals surface area (Å²) in [5, 5.41) is 15.5. The van der Waals surface area contributed by atoms with Crippen LogP contribution in [0.4, 0.5) is 4.39 Å². The Labute approximate surface area is 141 Å². The van der Waals surface area contributed by atoms with Crippen molar-refractivity contribution in [2.24, 2.45) is 0 Å². The number of benzene rings is 1. The highest BCUT2D eigenvalue weighted by molar-refractivity contribution is 7.07. The van der Waals surface area contributed by atoms with Gasteiger partial charge in [0.15, 0.2) is 0 Å². The predicted molar refractivity (Wildman–Crippen MR) is 87.2 cm³/mol. The monoisotopic (exact) mass is 355 g/mol. The van der Waals surface area contributed by atoms with E-state index in [0.29, 0.717) is 12.0 Å². The molecule has 2 N–H and O–H groups in total. The van der Waals surface area contributed by atoms with E-state index in [2.05, 4.69) is 5.32 Å². The molecule has 0 aliphatic carbocycles. The third kappa shape index (κ3) is 5.33. The minimum Gasteiger partial charge on any atom is -0.481 e. The molecule has 1 unspecified atom stereocenters. The fraction of sp³-hybridized carbons (Fsp3) is 0.250. The van der Waals surface area contributed by atoms with Gasteiger partial charge >= 0.3 is 5.97 Å². The Bertz CT molecular complexity index is 691. The molecule has 1 atom stereocenters. The standard InChI is InChI=1S/C16H15ClFNO3S/c17-12-3-2-11(7-13(12)18)14(8-16(21)22)19-15(20)4-1-10-5-6-23-9-10/h2-3,5-7,9,14H,1,4,8H2,(H,19,20)(H,21,22). The molecule has 0 radical (unpaired) electrons. The molecule has 7 heteroatoms. The first-order chi connectivity index (χ1) is 11.0. The normalized spacial score (nSPS) is 11.9. The number of halogens is 2. The van der Waals surface area contributed by atoms with Crippen LogP contribution in [0.15, 0.2) is 35.0 Å². The Balaban J connectivity index is 2.03. The summed E-state index contributed by atoms with van der Waals surface area (Å²) < 4.78 is 13.6. The summed E-state index contributed by atoms with van der Waals surface area (Å²) in [6, 6.07) is 5.14. The van der Waals surface area contributed by atoms with Crippen LogP contribution in [0.25, 0.3) is 0 Å². The van der Waals surface area contributed by atoms with E-state index in [1.54, 1.807) is 11.3 Å². The average molecular weight is 356 g/mol. The highest BCUT2D eigenvalue weighted by atomic mass is 35.5. The number of nitrogens with one attached hydrogen (secondary N) is 1. The van der Waals surface area contributed by atoms with E-state index in [-0.39, 0.29) is 23.8 Å². The minimum absolute atomic E-state index is 0.0494. The van der Waals surface area contributed by atoms with Gasteiger partial charge in [-0.2, -0.15) is 11.3 Å². The number of carboxylic acids is 1. The molecule has 0 bridgehead atoms. The topological polar surface area (TPSA) is 66.4 Å². The Hall–Kier alpha value is -1.92. The molecule has 1 aromatic carbocycles. The van der Waals surface area contributed by atoms with Gasteiger partial charge in [0.05, 0.1) is 17.5 Å². The van der Waals surface area contributed by atoms with Gasteiger partial charge in [0.2, 0.25) is 5.91 Å². The summed E-state index contributed by atoms with van der Waals surface area (Å²) in [5.41, 5.74) is 1.43. The molecule has 0 aliphatic heterocycles. The molecule has 0 spiro atoms. The first-order valence-electron chi connectivity index (χ1n) is 6.93. The van der Waals surface area contributed by atoms with Crippen LogP contribution in [0.3, 0.4) is 0 Å². The van der Waals surface area contributed by atoms with Gasteiger partial charge < -0.3 is 10.4 Å². The lowest BCUT2D eigenvalue weighted by Crippen LogP contribution is -2.30. The Kier molecular flexibility index (Phi) is 6.12. The van der Waals surface area contributed by atoms with E-state index in [1.807, 2.05) is 16.8 Å². The summed E-state index contributed by atoms with van der Waals surface area (Å²) in [6.07, 6.45) is 0.484. The molecule has 23 heavy (non-hydrogen) atoms. The number of amides is 1. The van der Waals surface area contributed by atoms with Crippen LogP contribution in [0.1, 0.15) is 30.0 Å². The number of hydrogen-bond acceptors (Lipinski definition) is 3. The molecule has 0 saturated heterocycles. The molecule has 0 aliphatic rings. The quantitative estimate of drug-likeness (QED) is 0.793. The molecular formula is C16H15ClFNO3S. The van der Waals surface area contributed by atoms with Crippen molar-refractivity contribution in [2.75, 3.05) is 0 Å². The van der Waals surface area contributed by atoms with Gasteiger partial charge in [-0.15, -0.1) is 0 Å². The number of aryl methyl sites for hydroxylation is 1. The van der Waals surface area contributed by atoms with Crippen LogP contribution in [0, 0.1) is 5.82 Å². The van der Waals surface area contributed by atoms with E-state index < -0.39 is 17.8 Å². The van der Waals surface area contributed by atoms with Gasteiger partial charge in [-0.1, -0.05) is 17.7 Å². The van der Waals surface area contributed by atoms with Gasteiger partial charge in [-0.25, -0.2) is 4.39 Å². The summed E-state index contributed by atoms with van der Waals surface area (Å²) in [5.74, 6) is -2.01. The van der Waals surface area contributed by atoms with Crippen LogP contribution in [0.2, 0.25) is 5.02 Å². The molecule has 1 amide bonds. The van der Waals surface area contributed by atoms with Gasteiger partial charge in [0.1, 0.15) is 5.82 Å². The van der Waals surface area contributed by atoms with E-state index in [0.717, 1.165) is 11.6 Å². The Morgan fingerprint density at radius 3 is 2.74 bits per heavy atom. The second kappa shape index (κ2) is 8.08. The molecule has 122 valence electrons. The smallest absolute Gasteiger partial charge is 0.305 e. The van der Waals surface area contributed by atoms with Crippen LogP contribution in [-0.2, 0) is 16.0 Å². The SMILES string of the molecule is O=C(O)CC(NC(=O)CCc1ccsc1)c1ccc(Cl)c(F)c1.